The molecular formula is C13H16O4. The number of methoxy groups -OCH3 is 1. The average molecular weight is 236 g/mol. The molecule has 17 heavy (non-hydrogen) atoms. The first-order valence-electron chi connectivity index (χ1n) is 5.40. The van der Waals surface area contributed by atoms with Gasteiger partial charge in [-0.05, 0) is 24.6 Å². The van der Waals surface area contributed by atoms with Crippen LogP contribution in [0.3, 0.4) is 0 Å². The standard InChI is InChI=1S/C13H16O4/c1-10(14)9-13(15)17-8-7-11-3-5-12(16-2)6-4-11/h3-6H,7-9H2,1-2H3. The van der Waals surface area contributed by atoms with Crippen LogP contribution in [0, 0.1) is 0 Å². The van der Waals surface area contributed by atoms with Crippen molar-refractivity contribution in [1.29, 1.82) is 0 Å². The second kappa shape index (κ2) is 6.68. The van der Waals surface area contributed by atoms with Crippen molar-refractivity contribution in [3.63, 3.8) is 0 Å². The minimum Gasteiger partial charge on any atom is -0.497 e. The number of esters is 1. The summed E-state index contributed by atoms with van der Waals surface area (Å²) in [7, 11) is 1.61. The normalized spacial score (nSPS) is 9.76. The summed E-state index contributed by atoms with van der Waals surface area (Å²) in [4.78, 5) is 21.7. The van der Waals surface area contributed by atoms with Gasteiger partial charge in [0.15, 0.2) is 0 Å². The number of carbonyl (C=O) groups is 2. The van der Waals surface area contributed by atoms with Gasteiger partial charge in [0.2, 0.25) is 0 Å². The number of rotatable bonds is 6. The van der Waals surface area contributed by atoms with Gasteiger partial charge in [-0.25, -0.2) is 0 Å². The zero-order valence-electron chi connectivity index (χ0n) is 10.1. The molecule has 0 unspecified atom stereocenters. The monoisotopic (exact) mass is 236 g/mol. The van der Waals surface area contributed by atoms with E-state index in [-0.39, 0.29) is 12.2 Å². The van der Waals surface area contributed by atoms with E-state index >= 15 is 0 Å². The van der Waals surface area contributed by atoms with E-state index in [1.807, 2.05) is 24.3 Å². The Bertz CT molecular complexity index is 381. The molecule has 0 aliphatic rings. The fraction of sp³-hybridized carbons (Fsp3) is 0.385. The first kappa shape index (κ1) is 13.2. The highest BCUT2D eigenvalue weighted by Gasteiger charge is 2.05. The molecule has 0 heterocycles. The highest BCUT2D eigenvalue weighted by atomic mass is 16.5. The fourth-order valence-corrected chi connectivity index (χ4v) is 1.33. The summed E-state index contributed by atoms with van der Waals surface area (Å²) in [6, 6.07) is 7.54. The first-order chi connectivity index (χ1) is 8.11. The van der Waals surface area contributed by atoms with Crippen LogP contribution in [0.15, 0.2) is 24.3 Å². The van der Waals surface area contributed by atoms with E-state index < -0.39 is 5.97 Å². The SMILES string of the molecule is COc1ccc(CCOC(=O)CC(C)=O)cc1. The maximum absolute atomic E-state index is 11.1. The number of hydrogen-bond donors (Lipinski definition) is 0. The van der Waals surface area contributed by atoms with Crippen molar-refractivity contribution in [2.45, 2.75) is 19.8 Å². The third-order valence-electron chi connectivity index (χ3n) is 2.21. The number of carbonyl (C=O) groups excluding carboxylic acids is 2. The van der Waals surface area contributed by atoms with Crippen molar-refractivity contribution >= 4 is 11.8 Å². The smallest absolute Gasteiger partial charge is 0.313 e. The molecular weight excluding hydrogens is 220 g/mol. The lowest BCUT2D eigenvalue weighted by molar-refractivity contribution is -0.145. The van der Waals surface area contributed by atoms with Crippen LogP contribution in [-0.2, 0) is 20.7 Å². The third kappa shape index (κ3) is 5.15. The summed E-state index contributed by atoms with van der Waals surface area (Å²) in [6.07, 6.45) is 0.482. The minimum absolute atomic E-state index is 0.150. The van der Waals surface area contributed by atoms with Crippen LogP contribution < -0.4 is 4.74 Å². The molecule has 4 heteroatoms. The molecule has 0 aromatic heterocycles. The Morgan fingerprint density at radius 2 is 1.82 bits per heavy atom. The largest absolute Gasteiger partial charge is 0.497 e. The number of benzene rings is 1. The second-order valence-corrected chi connectivity index (χ2v) is 3.70. The van der Waals surface area contributed by atoms with Gasteiger partial charge >= 0.3 is 5.97 Å². The average Bonchev–Trinajstić information content (AvgIpc) is 2.29. The van der Waals surface area contributed by atoms with E-state index in [0.717, 1.165) is 11.3 Å². The summed E-state index contributed by atoms with van der Waals surface area (Å²) in [5.74, 6) is 0.146. The lowest BCUT2D eigenvalue weighted by Gasteiger charge is -2.05. The number of ether oxygens (including phenoxy) is 2. The summed E-state index contributed by atoms with van der Waals surface area (Å²) < 4.78 is 9.96. The van der Waals surface area contributed by atoms with Gasteiger partial charge in [-0.3, -0.25) is 9.59 Å². The predicted octanol–water partition coefficient (Wildman–Crippen LogP) is 1.76. The summed E-state index contributed by atoms with van der Waals surface area (Å²) in [6.45, 7) is 1.66. The van der Waals surface area contributed by atoms with Crippen LogP contribution in [0.2, 0.25) is 0 Å². The maximum Gasteiger partial charge on any atom is 0.313 e. The molecule has 92 valence electrons. The van der Waals surface area contributed by atoms with Crippen LogP contribution in [0.25, 0.3) is 0 Å². The van der Waals surface area contributed by atoms with Crippen LogP contribution in [0.4, 0.5) is 0 Å². The minimum atomic E-state index is -0.467. The van der Waals surface area contributed by atoms with Gasteiger partial charge in [0.1, 0.15) is 18.0 Å². The fourth-order valence-electron chi connectivity index (χ4n) is 1.33. The number of hydrogen-bond acceptors (Lipinski definition) is 4. The Morgan fingerprint density at radius 3 is 2.35 bits per heavy atom. The van der Waals surface area contributed by atoms with Crippen molar-refractivity contribution in [3.05, 3.63) is 29.8 Å². The Hall–Kier alpha value is -1.84. The van der Waals surface area contributed by atoms with Crippen LogP contribution in [0.1, 0.15) is 18.9 Å². The van der Waals surface area contributed by atoms with Gasteiger partial charge in [-0.15, -0.1) is 0 Å². The molecule has 0 spiro atoms. The molecule has 1 rings (SSSR count). The molecule has 0 radical (unpaired) electrons. The lowest BCUT2D eigenvalue weighted by Crippen LogP contribution is -2.10. The van der Waals surface area contributed by atoms with Crippen LogP contribution in [-0.4, -0.2) is 25.5 Å². The van der Waals surface area contributed by atoms with E-state index in [1.54, 1.807) is 7.11 Å². The van der Waals surface area contributed by atoms with Gasteiger partial charge in [0.25, 0.3) is 0 Å². The summed E-state index contributed by atoms with van der Waals surface area (Å²) >= 11 is 0. The number of Topliss-reactive ketones (excluding diaryl/α,β-unsaturated/α-hetero) is 1. The molecule has 0 atom stereocenters. The molecule has 0 aliphatic heterocycles. The van der Waals surface area contributed by atoms with Crippen molar-refractivity contribution in [3.8, 4) is 5.75 Å². The highest BCUT2D eigenvalue weighted by Crippen LogP contribution is 2.11. The van der Waals surface area contributed by atoms with E-state index in [4.69, 9.17) is 9.47 Å². The van der Waals surface area contributed by atoms with E-state index in [9.17, 15) is 9.59 Å². The van der Waals surface area contributed by atoms with Crippen molar-refractivity contribution in [1.82, 2.24) is 0 Å². The molecule has 0 fully saturated rings. The first-order valence-corrected chi connectivity index (χ1v) is 5.40. The molecule has 0 aliphatic carbocycles. The molecule has 0 saturated carbocycles. The van der Waals surface area contributed by atoms with E-state index in [1.165, 1.54) is 6.92 Å². The molecule has 0 saturated heterocycles. The van der Waals surface area contributed by atoms with Crippen LogP contribution >= 0.6 is 0 Å². The van der Waals surface area contributed by atoms with Gasteiger partial charge in [0.05, 0.1) is 13.7 Å². The molecule has 4 nitrogen and oxygen atoms in total. The maximum atomic E-state index is 11.1. The molecule has 0 amide bonds. The predicted molar refractivity (Wildman–Crippen MR) is 63.0 cm³/mol. The van der Waals surface area contributed by atoms with E-state index in [2.05, 4.69) is 0 Å². The Kier molecular flexibility index (Phi) is 5.20. The Balaban J connectivity index is 2.30. The molecule has 1 aromatic rings. The van der Waals surface area contributed by atoms with Crippen LogP contribution in [0.5, 0.6) is 5.75 Å². The topological polar surface area (TPSA) is 52.6 Å². The number of ketones is 1. The lowest BCUT2D eigenvalue weighted by atomic mass is 10.1. The quantitative estimate of drug-likeness (QED) is 0.558. The van der Waals surface area contributed by atoms with Gasteiger partial charge in [-0.2, -0.15) is 0 Å². The van der Waals surface area contributed by atoms with Crippen molar-refractivity contribution < 1.29 is 19.1 Å². The summed E-state index contributed by atoms with van der Waals surface area (Å²) in [5, 5.41) is 0. The molecule has 0 bridgehead atoms. The van der Waals surface area contributed by atoms with Crippen molar-refractivity contribution in [2.24, 2.45) is 0 Å². The Morgan fingerprint density at radius 1 is 1.18 bits per heavy atom. The zero-order chi connectivity index (χ0) is 12.7. The summed E-state index contributed by atoms with van der Waals surface area (Å²) in [5.41, 5.74) is 1.06. The Labute approximate surface area is 101 Å². The third-order valence-corrected chi connectivity index (χ3v) is 2.21. The highest BCUT2D eigenvalue weighted by molar-refractivity contribution is 5.94. The van der Waals surface area contributed by atoms with Gasteiger partial charge < -0.3 is 9.47 Å². The van der Waals surface area contributed by atoms with Crippen molar-refractivity contribution in [2.75, 3.05) is 13.7 Å². The van der Waals surface area contributed by atoms with E-state index in [0.29, 0.717) is 13.0 Å². The van der Waals surface area contributed by atoms with Gasteiger partial charge in [-0.1, -0.05) is 12.1 Å². The zero-order valence-corrected chi connectivity index (χ0v) is 10.1. The van der Waals surface area contributed by atoms with Gasteiger partial charge in [0, 0.05) is 6.42 Å². The molecule has 0 N–H and O–H groups in total. The second-order valence-electron chi connectivity index (χ2n) is 3.70. The molecule has 1 aromatic carbocycles.